The summed E-state index contributed by atoms with van der Waals surface area (Å²) in [6.07, 6.45) is 0. The van der Waals surface area contributed by atoms with Crippen molar-refractivity contribution in [2.24, 2.45) is 11.1 Å². The SMILES string of the molecule is COc1cc([C@@H](N)C(C)(C)CO)c(Br)c(Br)c1O. The average Bonchev–Trinajstić information content (AvgIpc) is 2.35. The van der Waals surface area contributed by atoms with E-state index in [1.165, 1.54) is 7.11 Å². The van der Waals surface area contributed by atoms with Gasteiger partial charge in [0.1, 0.15) is 0 Å². The number of hydrogen-bond donors (Lipinski definition) is 3. The Morgan fingerprint density at radius 1 is 1.39 bits per heavy atom. The van der Waals surface area contributed by atoms with Crippen molar-refractivity contribution >= 4 is 31.9 Å². The molecule has 0 radical (unpaired) electrons. The minimum atomic E-state index is -0.482. The van der Waals surface area contributed by atoms with Gasteiger partial charge < -0.3 is 20.7 Å². The van der Waals surface area contributed by atoms with E-state index in [9.17, 15) is 10.2 Å². The van der Waals surface area contributed by atoms with Crippen LogP contribution in [-0.4, -0.2) is 23.9 Å². The number of phenols is 1. The molecule has 0 fully saturated rings. The van der Waals surface area contributed by atoms with Crippen LogP contribution in [0.3, 0.4) is 0 Å². The van der Waals surface area contributed by atoms with Crippen LogP contribution in [0.15, 0.2) is 15.0 Å². The molecule has 1 rings (SSSR count). The van der Waals surface area contributed by atoms with Crippen LogP contribution in [0, 0.1) is 5.41 Å². The third-order valence-corrected chi connectivity index (χ3v) is 5.14. The average molecular weight is 383 g/mol. The summed E-state index contributed by atoms with van der Waals surface area (Å²) in [5.41, 5.74) is 6.46. The molecule has 0 saturated heterocycles. The summed E-state index contributed by atoms with van der Waals surface area (Å²) >= 11 is 6.68. The molecular weight excluding hydrogens is 366 g/mol. The Hall–Kier alpha value is -0.300. The van der Waals surface area contributed by atoms with Crippen molar-refractivity contribution in [1.29, 1.82) is 0 Å². The van der Waals surface area contributed by atoms with Gasteiger partial charge in [0.25, 0.3) is 0 Å². The van der Waals surface area contributed by atoms with Gasteiger partial charge in [-0.2, -0.15) is 0 Å². The lowest BCUT2D eigenvalue weighted by atomic mass is 9.82. The molecule has 0 heterocycles. The quantitative estimate of drug-likeness (QED) is 0.748. The van der Waals surface area contributed by atoms with Gasteiger partial charge >= 0.3 is 0 Å². The molecule has 0 aliphatic rings. The van der Waals surface area contributed by atoms with Crippen molar-refractivity contribution in [3.63, 3.8) is 0 Å². The Balaban J connectivity index is 3.38. The zero-order valence-corrected chi connectivity index (χ0v) is 13.7. The van der Waals surface area contributed by atoms with E-state index in [0.717, 1.165) is 5.56 Å². The molecule has 1 aromatic carbocycles. The highest BCUT2D eigenvalue weighted by Gasteiger charge is 2.30. The fourth-order valence-corrected chi connectivity index (χ4v) is 2.49. The number of rotatable bonds is 4. The smallest absolute Gasteiger partial charge is 0.173 e. The number of aliphatic hydroxyl groups is 1. The first-order chi connectivity index (χ1) is 8.26. The summed E-state index contributed by atoms with van der Waals surface area (Å²) in [6.45, 7) is 3.70. The maximum absolute atomic E-state index is 9.85. The van der Waals surface area contributed by atoms with Crippen molar-refractivity contribution in [2.75, 3.05) is 13.7 Å². The third kappa shape index (κ3) is 2.82. The maximum Gasteiger partial charge on any atom is 0.173 e. The van der Waals surface area contributed by atoms with E-state index in [-0.39, 0.29) is 12.4 Å². The second kappa shape index (κ2) is 5.77. The van der Waals surface area contributed by atoms with E-state index in [1.54, 1.807) is 6.07 Å². The number of aliphatic hydroxyl groups excluding tert-OH is 1. The van der Waals surface area contributed by atoms with E-state index < -0.39 is 11.5 Å². The predicted molar refractivity (Wildman–Crippen MR) is 77.9 cm³/mol. The molecule has 1 aromatic rings. The Kier molecular flexibility index (Phi) is 5.05. The fraction of sp³-hybridized carbons (Fsp3) is 0.500. The first-order valence-electron chi connectivity index (χ1n) is 5.37. The van der Waals surface area contributed by atoms with E-state index >= 15 is 0 Å². The zero-order chi connectivity index (χ0) is 14.1. The maximum atomic E-state index is 9.85. The molecule has 0 aromatic heterocycles. The highest BCUT2D eigenvalue weighted by Crippen LogP contribution is 2.45. The van der Waals surface area contributed by atoms with Gasteiger partial charge in [-0.3, -0.25) is 0 Å². The molecule has 102 valence electrons. The molecule has 0 aliphatic heterocycles. The molecule has 0 spiro atoms. The third-order valence-electron chi connectivity index (χ3n) is 2.98. The number of ether oxygens (including phenoxy) is 1. The van der Waals surface area contributed by atoms with Gasteiger partial charge in [0, 0.05) is 22.5 Å². The van der Waals surface area contributed by atoms with Gasteiger partial charge in [-0.05, 0) is 43.5 Å². The highest BCUT2D eigenvalue weighted by atomic mass is 79.9. The summed E-state index contributed by atoms with van der Waals surface area (Å²) in [7, 11) is 1.47. The number of halogens is 2. The first kappa shape index (κ1) is 15.8. The van der Waals surface area contributed by atoms with E-state index in [1.807, 2.05) is 13.8 Å². The number of hydrogen-bond acceptors (Lipinski definition) is 4. The number of phenolic OH excluding ortho intramolecular Hbond substituents is 1. The molecule has 4 nitrogen and oxygen atoms in total. The van der Waals surface area contributed by atoms with Crippen molar-refractivity contribution in [1.82, 2.24) is 0 Å². The number of methoxy groups -OCH3 is 1. The lowest BCUT2D eigenvalue weighted by Crippen LogP contribution is -2.32. The molecule has 6 heteroatoms. The monoisotopic (exact) mass is 381 g/mol. The Morgan fingerprint density at radius 3 is 2.39 bits per heavy atom. The molecule has 18 heavy (non-hydrogen) atoms. The van der Waals surface area contributed by atoms with E-state index in [0.29, 0.717) is 14.7 Å². The van der Waals surface area contributed by atoms with Gasteiger partial charge in [-0.1, -0.05) is 13.8 Å². The number of aromatic hydroxyl groups is 1. The van der Waals surface area contributed by atoms with Gasteiger partial charge in [0.15, 0.2) is 11.5 Å². The van der Waals surface area contributed by atoms with Gasteiger partial charge in [-0.15, -0.1) is 0 Å². The molecule has 0 aliphatic carbocycles. The second-order valence-corrected chi connectivity index (χ2v) is 6.35. The molecule has 0 amide bonds. The summed E-state index contributed by atoms with van der Waals surface area (Å²) < 4.78 is 6.25. The highest BCUT2D eigenvalue weighted by molar-refractivity contribution is 9.13. The lowest BCUT2D eigenvalue weighted by molar-refractivity contribution is 0.132. The van der Waals surface area contributed by atoms with Crippen LogP contribution in [0.1, 0.15) is 25.5 Å². The van der Waals surface area contributed by atoms with Crippen LogP contribution in [0.5, 0.6) is 11.5 Å². The molecule has 0 saturated carbocycles. The molecule has 1 atom stereocenters. The van der Waals surface area contributed by atoms with Crippen LogP contribution >= 0.6 is 31.9 Å². The topological polar surface area (TPSA) is 75.7 Å². The molecule has 4 N–H and O–H groups in total. The minimum absolute atomic E-state index is 0.0159. The Bertz CT molecular complexity index is 449. The number of nitrogens with two attached hydrogens (primary N) is 1. The molecule has 0 unspecified atom stereocenters. The van der Waals surface area contributed by atoms with Crippen LogP contribution in [-0.2, 0) is 0 Å². The lowest BCUT2D eigenvalue weighted by Gasteiger charge is -2.31. The normalized spacial score (nSPS) is 13.5. The second-order valence-electron chi connectivity index (χ2n) is 4.77. The van der Waals surface area contributed by atoms with Crippen molar-refractivity contribution < 1.29 is 14.9 Å². The summed E-state index contributed by atoms with van der Waals surface area (Å²) in [4.78, 5) is 0. The summed E-state index contributed by atoms with van der Waals surface area (Å²) in [5, 5.41) is 19.2. The van der Waals surface area contributed by atoms with Crippen LogP contribution < -0.4 is 10.5 Å². The predicted octanol–water partition coefficient (Wildman–Crippen LogP) is 2.94. The summed E-state index contributed by atoms with van der Waals surface area (Å²) in [5.74, 6) is 0.353. The summed E-state index contributed by atoms with van der Waals surface area (Å²) in [6, 6.07) is 1.27. The standard InChI is InChI=1S/C12H17Br2NO3/c1-12(2,5-16)11(15)6-4-7(18-3)10(17)9(14)8(6)13/h4,11,16-17H,5,15H2,1-3H3/t11-/m1/s1. The van der Waals surface area contributed by atoms with E-state index in [2.05, 4.69) is 31.9 Å². The van der Waals surface area contributed by atoms with Gasteiger partial charge in [-0.25, -0.2) is 0 Å². The Labute approximate surface area is 123 Å². The Morgan fingerprint density at radius 2 is 1.94 bits per heavy atom. The number of benzene rings is 1. The van der Waals surface area contributed by atoms with Crippen LogP contribution in [0.4, 0.5) is 0 Å². The van der Waals surface area contributed by atoms with Crippen molar-refractivity contribution in [3.8, 4) is 11.5 Å². The first-order valence-corrected chi connectivity index (χ1v) is 6.96. The van der Waals surface area contributed by atoms with Crippen molar-refractivity contribution in [2.45, 2.75) is 19.9 Å². The van der Waals surface area contributed by atoms with E-state index in [4.69, 9.17) is 10.5 Å². The fourth-order valence-electron chi connectivity index (χ4n) is 1.51. The minimum Gasteiger partial charge on any atom is -0.503 e. The molecule has 0 bridgehead atoms. The van der Waals surface area contributed by atoms with Crippen LogP contribution in [0.25, 0.3) is 0 Å². The molecular formula is C12H17Br2NO3. The van der Waals surface area contributed by atoms with Crippen molar-refractivity contribution in [3.05, 3.63) is 20.6 Å². The van der Waals surface area contributed by atoms with Crippen LogP contribution in [0.2, 0.25) is 0 Å². The largest absolute Gasteiger partial charge is 0.503 e. The van der Waals surface area contributed by atoms with Gasteiger partial charge in [0.05, 0.1) is 11.6 Å². The van der Waals surface area contributed by atoms with Gasteiger partial charge in [0.2, 0.25) is 0 Å². The zero-order valence-electron chi connectivity index (χ0n) is 10.5.